The number of benzene rings is 2. The van der Waals surface area contributed by atoms with Gasteiger partial charge in [0.25, 0.3) is 5.91 Å². The Morgan fingerprint density at radius 2 is 1.67 bits per heavy atom. The Kier molecular flexibility index (Phi) is 7.22. The molecule has 2 N–H and O–H groups in total. The summed E-state index contributed by atoms with van der Waals surface area (Å²) in [6.07, 6.45) is 11.7. The van der Waals surface area contributed by atoms with Gasteiger partial charge in [0.1, 0.15) is 5.65 Å². The van der Waals surface area contributed by atoms with Crippen LogP contribution < -0.4 is 5.32 Å². The Hall–Kier alpha value is -3.71. The SMILES string of the molecule is Cc1cc(C)cc(C(=O)N2CCC(c3cn(C4CCC(O)CC4)c4nc(N[C@H]5CCc6ccccc65)ncc34)CC2)c1. The van der Waals surface area contributed by atoms with Gasteiger partial charge >= 0.3 is 0 Å². The number of hydrogen-bond acceptors (Lipinski definition) is 5. The standard InChI is InChI=1S/C35H41N5O2/c1-22-17-23(2)19-26(18-22)34(42)39-15-13-25(14-16-39)31-21-40(27-8-10-28(41)11-9-27)33-30(31)20-36-35(38-33)37-32-12-7-24-5-3-4-6-29(24)32/h3-6,17-21,25,27-28,32,41H,7-16H2,1-2H3,(H,36,37,38)/t27?,28?,32-/m0/s1. The fraction of sp³-hybridized carbons (Fsp3) is 0.457. The van der Waals surface area contributed by atoms with Crippen molar-refractivity contribution in [1.82, 2.24) is 19.4 Å². The van der Waals surface area contributed by atoms with Gasteiger partial charge in [-0.25, -0.2) is 4.98 Å². The zero-order valence-electron chi connectivity index (χ0n) is 24.7. The molecule has 2 fully saturated rings. The Balaban J connectivity index is 1.15. The smallest absolute Gasteiger partial charge is 0.253 e. The van der Waals surface area contributed by atoms with Gasteiger partial charge in [-0.3, -0.25) is 4.79 Å². The van der Waals surface area contributed by atoms with E-state index in [4.69, 9.17) is 9.97 Å². The highest BCUT2D eigenvalue weighted by Crippen LogP contribution is 2.39. The van der Waals surface area contributed by atoms with Crippen molar-refractivity contribution in [3.8, 4) is 0 Å². The molecule has 2 aliphatic carbocycles. The number of fused-ring (bicyclic) bond motifs is 2. The highest BCUT2D eigenvalue weighted by atomic mass is 16.3. The number of anilines is 1. The molecular formula is C35H41N5O2. The quantitative estimate of drug-likeness (QED) is 0.284. The number of aryl methyl sites for hydroxylation is 3. The minimum atomic E-state index is -0.198. The van der Waals surface area contributed by atoms with Crippen molar-refractivity contribution < 1.29 is 9.90 Å². The maximum absolute atomic E-state index is 13.3. The largest absolute Gasteiger partial charge is 0.393 e. The van der Waals surface area contributed by atoms with Crippen LogP contribution in [0.25, 0.3) is 11.0 Å². The Morgan fingerprint density at radius 3 is 2.43 bits per heavy atom. The molecule has 7 nitrogen and oxygen atoms in total. The molecule has 0 unspecified atom stereocenters. The number of aliphatic hydroxyl groups excluding tert-OH is 1. The lowest BCUT2D eigenvalue weighted by molar-refractivity contribution is 0.0713. The molecule has 1 aliphatic heterocycles. The third-order valence-corrected chi connectivity index (χ3v) is 9.79. The fourth-order valence-corrected chi connectivity index (χ4v) is 7.60. The van der Waals surface area contributed by atoms with Gasteiger partial charge < -0.3 is 19.9 Å². The molecule has 1 saturated carbocycles. The summed E-state index contributed by atoms with van der Waals surface area (Å²) in [5.41, 5.74) is 8.09. The first kappa shape index (κ1) is 27.1. The minimum absolute atomic E-state index is 0.135. The first-order chi connectivity index (χ1) is 20.4. The molecule has 1 amide bonds. The van der Waals surface area contributed by atoms with Crippen molar-refractivity contribution in [3.63, 3.8) is 0 Å². The van der Waals surface area contributed by atoms with E-state index in [1.54, 1.807) is 0 Å². The molecule has 218 valence electrons. The first-order valence-corrected chi connectivity index (χ1v) is 15.7. The van der Waals surface area contributed by atoms with Crippen molar-refractivity contribution in [2.24, 2.45) is 0 Å². The van der Waals surface area contributed by atoms with Crippen molar-refractivity contribution in [2.45, 2.75) is 89.3 Å². The lowest BCUT2D eigenvalue weighted by atomic mass is 9.89. The number of nitrogens with one attached hydrogen (secondary N) is 1. The molecule has 2 aromatic heterocycles. The lowest BCUT2D eigenvalue weighted by Crippen LogP contribution is -2.38. The van der Waals surface area contributed by atoms with Crippen LogP contribution >= 0.6 is 0 Å². The lowest BCUT2D eigenvalue weighted by Gasteiger charge is -2.32. The van der Waals surface area contributed by atoms with Crippen LogP contribution in [0.2, 0.25) is 0 Å². The molecule has 0 radical (unpaired) electrons. The van der Waals surface area contributed by atoms with Gasteiger partial charge in [0.2, 0.25) is 5.95 Å². The maximum atomic E-state index is 13.3. The first-order valence-electron chi connectivity index (χ1n) is 15.7. The number of piperidine rings is 1. The molecule has 3 heterocycles. The Bertz CT molecular complexity index is 1590. The number of hydrogen-bond donors (Lipinski definition) is 2. The van der Waals surface area contributed by atoms with Crippen molar-refractivity contribution in [1.29, 1.82) is 0 Å². The second-order valence-electron chi connectivity index (χ2n) is 12.8. The van der Waals surface area contributed by atoms with Gasteiger partial charge in [-0.2, -0.15) is 4.98 Å². The summed E-state index contributed by atoms with van der Waals surface area (Å²) in [6, 6.07) is 15.3. The van der Waals surface area contributed by atoms with Crippen LogP contribution in [0, 0.1) is 13.8 Å². The monoisotopic (exact) mass is 563 g/mol. The van der Waals surface area contributed by atoms with Crippen molar-refractivity contribution in [3.05, 3.63) is 88.2 Å². The van der Waals surface area contributed by atoms with Crippen LogP contribution in [0.5, 0.6) is 0 Å². The van der Waals surface area contributed by atoms with E-state index in [-0.39, 0.29) is 18.1 Å². The number of aromatic nitrogens is 3. The minimum Gasteiger partial charge on any atom is -0.393 e. The van der Waals surface area contributed by atoms with E-state index in [2.05, 4.69) is 60.3 Å². The zero-order valence-corrected chi connectivity index (χ0v) is 24.7. The second kappa shape index (κ2) is 11.2. The summed E-state index contributed by atoms with van der Waals surface area (Å²) < 4.78 is 2.37. The van der Waals surface area contributed by atoms with Gasteiger partial charge in [0.15, 0.2) is 0 Å². The molecule has 7 rings (SSSR count). The van der Waals surface area contributed by atoms with Crippen LogP contribution in [0.4, 0.5) is 5.95 Å². The average Bonchev–Trinajstić information content (AvgIpc) is 3.58. The van der Waals surface area contributed by atoms with E-state index in [1.807, 2.05) is 23.2 Å². The number of nitrogens with zero attached hydrogens (tertiary/aromatic N) is 4. The van der Waals surface area contributed by atoms with Crippen molar-refractivity contribution in [2.75, 3.05) is 18.4 Å². The summed E-state index contributed by atoms with van der Waals surface area (Å²) in [5.74, 6) is 1.17. The molecule has 2 aromatic carbocycles. The molecule has 1 atom stereocenters. The number of rotatable bonds is 5. The average molecular weight is 564 g/mol. The molecule has 7 heteroatoms. The number of likely N-dealkylation sites (tertiary alicyclic amines) is 1. The molecule has 42 heavy (non-hydrogen) atoms. The van der Waals surface area contributed by atoms with Crippen LogP contribution in [-0.4, -0.2) is 49.6 Å². The highest BCUT2D eigenvalue weighted by molar-refractivity contribution is 5.94. The zero-order chi connectivity index (χ0) is 28.8. The molecule has 3 aliphatic rings. The third-order valence-electron chi connectivity index (χ3n) is 9.79. The number of carbonyl (C=O) groups excluding carboxylic acids is 1. The Morgan fingerprint density at radius 1 is 0.929 bits per heavy atom. The van der Waals surface area contributed by atoms with Gasteiger partial charge in [-0.1, -0.05) is 41.5 Å². The van der Waals surface area contributed by atoms with Crippen molar-refractivity contribution >= 4 is 22.9 Å². The second-order valence-corrected chi connectivity index (χ2v) is 12.8. The van der Waals surface area contributed by atoms with Crippen LogP contribution in [0.3, 0.4) is 0 Å². The molecule has 1 saturated heterocycles. The predicted octanol–water partition coefficient (Wildman–Crippen LogP) is 6.64. The van der Waals surface area contributed by atoms with Crippen LogP contribution in [0.15, 0.2) is 54.9 Å². The van der Waals surface area contributed by atoms with Gasteiger partial charge in [-0.05, 0) is 100.0 Å². The summed E-state index contributed by atoms with van der Waals surface area (Å²) >= 11 is 0. The van der Waals surface area contributed by atoms with Crippen LogP contribution in [0.1, 0.15) is 101 Å². The number of carbonyl (C=O) groups is 1. The highest BCUT2D eigenvalue weighted by Gasteiger charge is 2.30. The van der Waals surface area contributed by atoms with Gasteiger partial charge in [-0.15, -0.1) is 0 Å². The summed E-state index contributed by atoms with van der Waals surface area (Å²) in [5, 5.41) is 14.9. The summed E-state index contributed by atoms with van der Waals surface area (Å²) in [4.78, 5) is 25.3. The predicted molar refractivity (Wildman–Crippen MR) is 166 cm³/mol. The topological polar surface area (TPSA) is 83.3 Å². The van der Waals surface area contributed by atoms with E-state index in [0.717, 1.165) is 92.2 Å². The van der Waals surface area contributed by atoms with Crippen LogP contribution in [-0.2, 0) is 6.42 Å². The normalized spacial score (nSPS) is 22.8. The number of aliphatic hydroxyl groups is 1. The molecule has 0 bridgehead atoms. The fourth-order valence-electron chi connectivity index (χ4n) is 7.60. The summed E-state index contributed by atoms with van der Waals surface area (Å²) in [6.45, 7) is 5.60. The molecule has 0 spiro atoms. The Labute approximate surface area is 248 Å². The van der Waals surface area contributed by atoms with E-state index >= 15 is 0 Å². The van der Waals surface area contributed by atoms with Gasteiger partial charge in [0, 0.05) is 42.5 Å². The van der Waals surface area contributed by atoms with E-state index in [1.165, 1.54) is 16.7 Å². The molecular weight excluding hydrogens is 522 g/mol. The molecule has 4 aromatic rings. The van der Waals surface area contributed by atoms with Gasteiger partial charge in [0.05, 0.1) is 12.1 Å². The van der Waals surface area contributed by atoms with E-state index < -0.39 is 0 Å². The number of amides is 1. The van der Waals surface area contributed by atoms with E-state index in [9.17, 15) is 9.90 Å². The van der Waals surface area contributed by atoms with E-state index in [0.29, 0.717) is 17.9 Å². The maximum Gasteiger partial charge on any atom is 0.253 e. The third kappa shape index (κ3) is 5.19. The summed E-state index contributed by atoms with van der Waals surface area (Å²) in [7, 11) is 0.